The largest absolute Gasteiger partial charge is 0.305 e. The molecule has 3 nitrogen and oxygen atoms in total. The van der Waals surface area contributed by atoms with Crippen molar-refractivity contribution in [2.24, 2.45) is 0 Å². The van der Waals surface area contributed by atoms with E-state index in [4.69, 9.17) is 11.6 Å². The molecule has 0 amide bonds. The van der Waals surface area contributed by atoms with Crippen LogP contribution in [0.3, 0.4) is 0 Å². The van der Waals surface area contributed by atoms with Crippen LogP contribution in [-0.4, -0.2) is 9.97 Å². The number of hydrogen-bond acceptors (Lipinski definition) is 2. The average molecular weight is 421 g/mol. The molecule has 0 fully saturated rings. The SMILES string of the molecule is CC(C)(C)c1nc(-c2ccc(Br)cc2Cl)[nH]c(=O)c1Br. The Morgan fingerprint density at radius 2 is 1.90 bits per heavy atom. The lowest BCUT2D eigenvalue weighted by Crippen LogP contribution is -2.22. The van der Waals surface area contributed by atoms with Gasteiger partial charge in [-0.25, -0.2) is 4.98 Å². The summed E-state index contributed by atoms with van der Waals surface area (Å²) < 4.78 is 1.34. The minimum absolute atomic E-state index is 0.209. The summed E-state index contributed by atoms with van der Waals surface area (Å²) >= 11 is 12.9. The zero-order valence-corrected chi connectivity index (χ0v) is 15.1. The number of nitrogens with one attached hydrogen (secondary N) is 1. The van der Waals surface area contributed by atoms with E-state index in [1.807, 2.05) is 32.9 Å². The molecule has 0 atom stereocenters. The summed E-state index contributed by atoms with van der Waals surface area (Å²) in [6.45, 7) is 6.02. The predicted octanol–water partition coefficient (Wildman–Crippen LogP) is 4.91. The molecule has 0 unspecified atom stereocenters. The maximum atomic E-state index is 12.1. The quantitative estimate of drug-likeness (QED) is 0.712. The number of hydrogen-bond donors (Lipinski definition) is 1. The van der Waals surface area contributed by atoms with Crippen LogP contribution in [-0.2, 0) is 5.41 Å². The van der Waals surface area contributed by atoms with Crippen molar-refractivity contribution in [1.82, 2.24) is 9.97 Å². The molecule has 0 radical (unpaired) electrons. The van der Waals surface area contributed by atoms with Gasteiger partial charge in [0, 0.05) is 15.5 Å². The van der Waals surface area contributed by atoms with Crippen molar-refractivity contribution in [1.29, 1.82) is 0 Å². The van der Waals surface area contributed by atoms with E-state index in [9.17, 15) is 4.79 Å². The van der Waals surface area contributed by atoms with E-state index >= 15 is 0 Å². The summed E-state index contributed by atoms with van der Waals surface area (Å²) in [6, 6.07) is 5.46. The lowest BCUT2D eigenvalue weighted by Gasteiger charge is -2.19. The van der Waals surface area contributed by atoms with Gasteiger partial charge in [-0.1, -0.05) is 48.3 Å². The van der Waals surface area contributed by atoms with Crippen LogP contribution in [0.4, 0.5) is 0 Å². The highest BCUT2D eigenvalue weighted by Crippen LogP contribution is 2.31. The molecule has 0 aliphatic heterocycles. The van der Waals surface area contributed by atoms with Crippen LogP contribution in [0, 0.1) is 0 Å². The van der Waals surface area contributed by atoms with E-state index in [-0.39, 0.29) is 11.0 Å². The van der Waals surface area contributed by atoms with E-state index in [1.165, 1.54) is 0 Å². The van der Waals surface area contributed by atoms with Crippen molar-refractivity contribution in [3.05, 3.63) is 48.2 Å². The molecular formula is C14H13Br2ClN2O. The zero-order valence-electron chi connectivity index (χ0n) is 11.2. The lowest BCUT2D eigenvalue weighted by atomic mass is 9.92. The minimum atomic E-state index is -0.246. The second kappa shape index (κ2) is 5.62. The maximum absolute atomic E-state index is 12.1. The van der Waals surface area contributed by atoms with E-state index < -0.39 is 0 Å². The molecule has 0 saturated carbocycles. The van der Waals surface area contributed by atoms with Gasteiger partial charge in [-0.2, -0.15) is 0 Å². The Balaban J connectivity index is 2.70. The standard InChI is InChI=1S/C14H13Br2ClN2O/c1-14(2,3)11-10(16)13(20)19-12(18-11)8-5-4-7(15)6-9(8)17/h4-6H,1-3H3,(H,18,19,20). The molecule has 20 heavy (non-hydrogen) atoms. The third-order valence-electron chi connectivity index (χ3n) is 2.76. The summed E-state index contributed by atoms with van der Waals surface area (Å²) in [6.07, 6.45) is 0. The number of rotatable bonds is 1. The highest BCUT2D eigenvalue weighted by Gasteiger charge is 2.22. The van der Waals surface area contributed by atoms with Gasteiger partial charge in [0.1, 0.15) is 10.3 Å². The molecule has 6 heteroatoms. The van der Waals surface area contributed by atoms with Crippen LogP contribution < -0.4 is 5.56 Å². The fourth-order valence-electron chi connectivity index (χ4n) is 1.76. The topological polar surface area (TPSA) is 45.8 Å². The van der Waals surface area contributed by atoms with Crippen LogP contribution in [0.15, 0.2) is 31.9 Å². The molecule has 1 aromatic heterocycles. The Labute approximate surface area is 139 Å². The first-order chi connectivity index (χ1) is 9.20. The van der Waals surface area contributed by atoms with Gasteiger partial charge in [-0.15, -0.1) is 0 Å². The first-order valence-corrected chi connectivity index (χ1v) is 7.92. The molecule has 2 aromatic rings. The summed E-state index contributed by atoms with van der Waals surface area (Å²) in [5, 5.41) is 0.532. The van der Waals surface area contributed by atoms with Crippen molar-refractivity contribution < 1.29 is 0 Å². The number of H-pyrrole nitrogens is 1. The summed E-state index contributed by atoms with van der Waals surface area (Å²) in [7, 11) is 0. The van der Waals surface area contributed by atoms with E-state index in [1.54, 1.807) is 6.07 Å². The van der Waals surface area contributed by atoms with Crippen molar-refractivity contribution in [3.63, 3.8) is 0 Å². The molecule has 0 spiro atoms. The Hall–Kier alpha value is -0.650. The molecule has 0 bridgehead atoms. The summed E-state index contributed by atoms with van der Waals surface area (Å²) in [4.78, 5) is 19.4. The van der Waals surface area contributed by atoms with Crippen LogP contribution in [0.1, 0.15) is 26.5 Å². The number of aromatic amines is 1. The second-order valence-electron chi connectivity index (χ2n) is 5.45. The third-order valence-corrected chi connectivity index (χ3v) is 4.30. The minimum Gasteiger partial charge on any atom is -0.305 e. The highest BCUT2D eigenvalue weighted by atomic mass is 79.9. The Bertz CT molecular complexity index is 720. The predicted molar refractivity (Wildman–Crippen MR) is 89.4 cm³/mol. The van der Waals surface area contributed by atoms with Crippen molar-refractivity contribution >= 4 is 43.5 Å². The molecular weight excluding hydrogens is 407 g/mol. The van der Waals surface area contributed by atoms with E-state index in [0.717, 1.165) is 4.47 Å². The van der Waals surface area contributed by atoms with Crippen molar-refractivity contribution in [3.8, 4) is 11.4 Å². The molecule has 0 aliphatic carbocycles. The highest BCUT2D eigenvalue weighted by molar-refractivity contribution is 9.10. The number of aromatic nitrogens is 2. The van der Waals surface area contributed by atoms with Crippen LogP contribution in [0.2, 0.25) is 5.02 Å². The van der Waals surface area contributed by atoms with Gasteiger partial charge >= 0.3 is 0 Å². The molecule has 1 N–H and O–H groups in total. The first-order valence-electron chi connectivity index (χ1n) is 5.96. The van der Waals surface area contributed by atoms with Gasteiger partial charge in [-0.05, 0) is 34.1 Å². The van der Waals surface area contributed by atoms with Gasteiger partial charge in [-0.3, -0.25) is 4.79 Å². The average Bonchev–Trinajstić information content (AvgIpc) is 2.31. The fourth-order valence-corrected chi connectivity index (χ4v) is 3.31. The number of benzene rings is 1. The molecule has 1 aromatic carbocycles. The maximum Gasteiger partial charge on any atom is 0.265 e. The zero-order chi connectivity index (χ0) is 15.1. The van der Waals surface area contributed by atoms with E-state index in [0.29, 0.717) is 26.6 Å². The van der Waals surface area contributed by atoms with Crippen LogP contribution >= 0.6 is 43.5 Å². The first kappa shape index (κ1) is 15.7. The van der Waals surface area contributed by atoms with Gasteiger partial charge in [0.25, 0.3) is 5.56 Å². The van der Waals surface area contributed by atoms with Crippen molar-refractivity contribution in [2.75, 3.05) is 0 Å². The molecule has 1 heterocycles. The summed E-state index contributed by atoms with van der Waals surface area (Å²) in [5.41, 5.74) is 0.947. The van der Waals surface area contributed by atoms with Crippen molar-refractivity contribution in [2.45, 2.75) is 26.2 Å². The number of nitrogens with zero attached hydrogens (tertiary/aromatic N) is 1. The second-order valence-corrected chi connectivity index (χ2v) is 7.57. The Morgan fingerprint density at radius 3 is 2.45 bits per heavy atom. The molecule has 0 aliphatic rings. The van der Waals surface area contributed by atoms with Gasteiger partial charge in [0.15, 0.2) is 0 Å². The van der Waals surface area contributed by atoms with Gasteiger partial charge in [0.05, 0.1) is 10.7 Å². The smallest absolute Gasteiger partial charge is 0.265 e. The Kier molecular flexibility index (Phi) is 4.42. The molecule has 0 saturated heterocycles. The van der Waals surface area contributed by atoms with Crippen LogP contribution in [0.25, 0.3) is 11.4 Å². The number of halogens is 3. The third kappa shape index (κ3) is 3.15. The molecule has 106 valence electrons. The molecule has 2 rings (SSSR count). The summed E-state index contributed by atoms with van der Waals surface area (Å²) in [5.74, 6) is 0.473. The van der Waals surface area contributed by atoms with Gasteiger partial charge in [0.2, 0.25) is 0 Å². The normalized spacial score (nSPS) is 11.7. The van der Waals surface area contributed by atoms with Crippen LogP contribution in [0.5, 0.6) is 0 Å². The fraction of sp³-hybridized carbons (Fsp3) is 0.286. The van der Waals surface area contributed by atoms with Gasteiger partial charge < -0.3 is 4.98 Å². The lowest BCUT2D eigenvalue weighted by molar-refractivity contribution is 0.562. The Morgan fingerprint density at radius 1 is 1.25 bits per heavy atom. The van der Waals surface area contributed by atoms with E-state index in [2.05, 4.69) is 41.8 Å². The monoisotopic (exact) mass is 418 g/mol.